The Morgan fingerprint density at radius 2 is 0.524 bits per heavy atom. The SMILES string of the molecule is O=C([O-])c1ccc(-c2ccc(C(=O)O)cc2)cc1.O=C([O-])c1ccc(-c2ccc(C(=O)O)cc2)cc1.[Zn+2].c1cc(Nc2ccncc2)ccn1.c1cc(Nc2ccncc2)ccn1. The van der Waals surface area contributed by atoms with Gasteiger partial charge in [-0.1, -0.05) is 72.8 Å². The molecule has 4 aromatic heterocycles. The van der Waals surface area contributed by atoms with E-state index in [9.17, 15) is 29.4 Å². The number of hydrogen-bond donors (Lipinski definition) is 4. The molecule has 0 aliphatic carbocycles. The number of hydrogen-bond acceptors (Lipinski definition) is 12. The average molecular weight is 890 g/mol. The summed E-state index contributed by atoms with van der Waals surface area (Å²) in [6.07, 6.45) is 14.0. The van der Waals surface area contributed by atoms with Crippen LogP contribution in [0, 0.1) is 0 Å². The van der Waals surface area contributed by atoms with Crippen molar-refractivity contribution < 1.29 is 59.1 Å². The van der Waals surface area contributed by atoms with Crippen molar-refractivity contribution in [3.05, 3.63) is 217 Å². The zero-order valence-corrected chi connectivity index (χ0v) is 36.3. The van der Waals surface area contributed by atoms with E-state index in [4.69, 9.17) is 10.2 Å². The number of pyridine rings is 4. The third-order valence-electron chi connectivity index (χ3n) is 8.47. The molecule has 0 bridgehead atoms. The van der Waals surface area contributed by atoms with Crippen LogP contribution in [-0.2, 0) is 19.5 Å². The summed E-state index contributed by atoms with van der Waals surface area (Å²) in [4.78, 5) is 58.3. The van der Waals surface area contributed by atoms with E-state index in [0.29, 0.717) is 0 Å². The molecule has 8 aromatic rings. The molecule has 0 fully saturated rings. The quantitative estimate of drug-likeness (QED) is 0.0990. The molecule has 0 aliphatic heterocycles. The first-order valence-corrected chi connectivity index (χ1v) is 18.5. The van der Waals surface area contributed by atoms with Gasteiger partial charge in [-0.2, -0.15) is 0 Å². The van der Waals surface area contributed by atoms with Crippen LogP contribution in [0.4, 0.5) is 22.7 Å². The molecular weight excluding hydrogens is 854 g/mol. The van der Waals surface area contributed by atoms with E-state index in [1.165, 1.54) is 48.5 Å². The molecule has 0 atom stereocenters. The average Bonchev–Trinajstić information content (AvgIpc) is 3.31. The van der Waals surface area contributed by atoms with Gasteiger partial charge >= 0.3 is 31.4 Å². The fourth-order valence-electron chi connectivity index (χ4n) is 5.28. The molecule has 308 valence electrons. The molecule has 0 saturated carbocycles. The number of aromatic carboxylic acids is 4. The van der Waals surface area contributed by atoms with Crippen LogP contribution >= 0.6 is 0 Å². The van der Waals surface area contributed by atoms with E-state index in [2.05, 4.69) is 30.6 Å². The fraction of sp³-hybridized carbons (Fsp3) is 0. The van der Waals surface area contributed by atoms with Crippen LogP contribution in [0.3, 0.4) is 0 Å². The molecule has 15 heteroatoms. The molecule has 14 nitrogen and oxygen atoms in total. The van der Waals surface area contributed by atoms with E-state index < -0.39 is 23.9 Å². The van der Waals surface area contributed by atoms with Crippen LogP contribution < -0.4 is 20.8 Å². The van der Waals surface area contributed by atoms with E-state index in [-0.39, 0.29) is 41.7 Å². The summed E-state index contributed by atoms with van der Waals surface area (Å²) in [5.74, 6) is -4.40. The Balaban J connectivity index is 0.000000185. The number of benzene rings is 4. The van der Waals surface area contributed by atoms with Crippen molar-refractivity contribution in [1.29, 1.82) is 0 Å². The summed E-state index contributed by atoms with van der Waals surface area (Å²) in [6, 6.07) is 40.5. The van der Waals surface area contributed by atoms with Crippen molar-refractivity contribution in [3.63, 3.8) is 0 Å². The number of carboxylic acid groups (broad SMARTS) is 4. The third kappa shape index (κ3) is 15.6. The van der Waals surface area contributed by atoms with E-state index >= 15 is 0 Å². The first kappa shape index (κ1) is 47.3. The van der Waals surface area contributed by atoms with Gasteiger partial charge in [-0.15, -0.1) is 0 Å². The molecule has 63 heavy (non-hydrogen) atoms. The first-order valence-electron chi connectivity index (χ1n) is 18.5. The van der Waals surface area contributed by atoms with E-state index in [1.54, 1.807) is 98.1 Å². The van der Waals surface area contributed by atoms with Gasteiger partial charge in [-0.05, 0) is 106 Å². The van der Waals surface area contributed by atoms with Gasteiger partial charge in [-0.25, -0.2) is 9.59 Å². The Morgan fingerprint density at radius 3 is 0.698 bits per heavy atom. The Bertz CT molecular complexity index is 2270. The van der Waals surface area contributed by atoms with Crippen LogP contribution in [0.5, 0.6) is 0 Å². The minimum absolute atomic E-state index is 0. The van der Waals surface area contributed by atoms with Gasteiger partial charge in [0.2, 0.25) is 0 Å². The van der Waals surface area contributed by atoms with Crippen molar-refractivity contribution in [2.75, 3.05) is 10.6 Å². The molecule has 0 radical (unpaired) electrons. The summed E-state index contributed by atoms with van der Waals surface area (Å²) in [7, 11) is 0. The predicted molar refractivity (Wildman–Crippen MR) is 230 cm³/mol. The Kier molecular flexibility index (Phi) is 18.5. The second kappa shape index (κ2) is 24.6. The standard InChI is InChI=1S/2C14H10O4.2C10H9N3.Zn/c2*15-13(16)11-5-1-9(2-6-11)10-3-7-12(8-4-10)14(17)18;2*1-5-11-6-2-9(1)13-10-3-7-12-8-4-10;/h2*1-8H,(H,15,16)(H,17,18);2*1-8H,(H,11,12,13);/q;;;;+2/p-2. The molecule has 0 aliphatic rings. The minimum Gasteiger partial charge on any atom is -0.545 e. The number of nitrogens with one attached hydrogen (secondary N) is 2. The van der Waals surface area contributed by atoms with Gasteiger partial charge in [0.1, 0.15) is 0 Å². The number of carbonyl (C=O) groups excluding carboxylic acids is 2. The minimum atomic E-state index is -1.22. The summed E-state index contributed by atoms with van der Waals surface area (Å²) in [5, 5.41) is 45.2. The topological polar surface area (TPSA) is 230 Å². The normalized spacial score (nSPS) is 9.65. The smallest absolute Gasteiger partial charge is 0.545 e. The second-order valence-corrected chi connectivity index (χ2v) is 12.7. The number of carboxylic acids is 4. The van der Waals surface area contributed by atoms with Crippen LogP contribution in [0.25, 0.3) is 22.3 Å². The van der Waals surface area contributed by atoms with E-state index in [0.717, 1.165) is 45.0 Å². The fourth-order valence-corrected chi connectivity index (χ4v) is 5.28. The molecule has 4 N–H and O–H groups in total. The number of carbonyl (C=O) groups is 4. The van der Waals surface area contributed by atoms with Crippen molar-refractivity contribution in [2.24, 2.45) is 0 Å². The van der Waals surface area contributed by atoms with Crippen LogP contribution in [0.2, 0.25) is 0 Å². The predicted octanol–water partition coefficient (Wildman–Crippen LogP) is 7.27. The van der Waals surface area contributed by atoms with Crippen molar-refractivity contribution in [2.45, 2.75) is 0 Å². The van der Waals surface area contributed by atoms with Gasteiger partial charge in [0, 0.05) is 72.3 Å². The van der Waals surface area contributed by atoms with Gasteiger partial charge in [0.25, 0.3) is 0 Å². The Hall–Kier alpha value is -8.42. The number of anilines is 4. The molecule has 8 rings (SSSR count). The monoisotopic (exact) mass is 888 g/mol. The third-order valence-corrected chi connectivity index (χ3v) is 8.47. The van der Waals surface area contributed by atoms with Gasteiger partial charge in [0.05, 0.1) is 23.1 Å². The maximum absolute atomic E-state index is 10.7. The van der Waals surface area contributed by atoms with Crippen molar-refractivity contribution in [1.82, 2.24) is 19.9 Å². The summed E-state index contributed by atoms with van der Waals surface area (Å²) >= 11 is 0. The maximum Gasteiger partial charge on any atom is 2.00 e. The largest absolute Gasteiger partial charge is 2.00 e. The zero-order valence-electron chi connectivity index (χ0n) is 33.3. The van der Waals surface area contributed by atoms with Gasteiger partial charge in [0.15, 0.2) is 0 Å². The molecular formula is C48H36N6O8Zn. The van der Waals surface area contributed by atoms with Crippen molar-refractivity contribution in [3.8, 4) is 22.3 Å². The van der Waals surface area contributed by atoms with Crippen LogP contribution in [0.15, 0.2) is 195 Å². The molecule has 0 saturated heterocycles. The summed E-state index contributed by atoms with van der Waals surface area (Å²) < 4.78 is 0. The molecule has 4 aromatic carbocycles. The zero-order chi connectivity index (χ0) is 44.1. The Morgan fingerprint density at radius 1 is 0.333 bits per heavy atom. The van der Waals surface area contributed by atoms with E-state index in [1.807, 2.05) is 48.5 Å². The first-order chi connectivity index (χ1) is 30.0. The summed E-state index contributed by atoms with van der Waals surface area (Å²) in [5.41, 5.74) is 8.05. The molecule has 0 spiro atoms. The molecule has 0 amide bonds. The Labute approximate surface area is 374 Å². The maximum atomic E-state index is 10.7. The molecule has 4 heterocycles. The number of aromatic nitrogens is 4. The van der Waals surface area contributed by atoms with Crippen LogP contribution in [-0.4, -0.2) is 54.0 Å². The van der Waals surface area contributed by atoms with Gasteiger partial charge in [-0.3, -0.25) is 19.9 Å². The number of nitrogens with zero attached hydrogens (tertiary/aromatic N) is 4. The van der Waals surface area contributed by atoms with Crippen molar-refractivity contribution >= 4 is 46.6 Å². The second-order valence-electron chi connectivity index (χ2n) is 12.7. The molecule has 0 unspecified atom stereocenters. The number of rotatable bonds is 10. The summed E-state index contributed by atoms with van der Waals surface area (Å²) in [6.45, 7) is 0. The van der Waals surface area contributed by atoms with Gasteiger partial charge < -0.3 is 40.6 Å². The van der Waals surface area contributed by atoms with Crippen LogP contribution in [0.1, 0.15) is 41.4 Å².